The molecule has 6 nitrogen and oxygen atoms in total. The molecular formula is C22H27F2N5O. The first-order chi connectivity index (χ1) is 14.4. The van der Waals surface area contributed by atoms with Gasteiger partial charge in [-0.1, -0.05) is 18.2 Å². The van der Waals surface area contributed by atoms with Gasteiger partial charge < -0.3 is 15.4 Å². The van der Waals surface area contributed by atoms with Crippen LogP contribution in [0.3, 0.4) is 0 Å². The van der Waals surface area contributed by atoms with Crippen molar-refractivity contribution < 1.29 is 13.5 Å². The summed E-state index contributed by atoms with van der Waals surface area (Å²) in [5.41, 5.74) is 1.97. The van der Waals surface area contributed by atoms with Crippen molar-refractivity contribution in [1.29, 1.82) is 0 Å². The maximum absolute atomic E-state index is 14.1. The van der Waals surface area contributed by atoms with Crippen LogP contribution in [0.4, 0.5) is 8.78 Å². The molecule has 0 amide bonds. The van der Waals surface area contributed by atoms with E-state index in [1.807, 2.05) is 36.1 Å². The first kappa shape index (κ1) is 21.5. The Morgan fingerprint density at radius 1 is 1.23 bits per heavy atom. The zero-order valence-electron chi connectivity index (χ0n) is 17.8. The Kier molecular flexibility index (Phi) is 6.54. The van der Waals surface area contributed by atoms with Gasteiger partial charge in [0.15, 0.2) is 11.6 Å². The molecule has 0 spiro atoms. The molecule has 1 saturated heterocycles. The number of ether oxygens (including phenoxy) is 1. The van der Waals surface area contributed by atoms with E-state index in [-0.39, 0.29) is 17.6 Å². The predicted octanol–water partition coefficient (Wildman–Crippen LogP) is 3.55. The number of hydrogen-bond acceptors (Lipinski definition) is 3. The van der Waals surface area contributed by atoms with E-state index in [2.05, 4.69) is 20.6 Å². The third kappa shape index (κ3) is 4.22. The van der Waals surface area contributed by atoms with Crippen LogP contribution >= 0.6 is 0 Å². The Balaban J connectivity index is 1.89. The lowest BCUT2D eigenvalue weighted by molar-refractivity contribution is 0.414. The molecule has 0 radical (unpaired) electrons. The molecule has 1 heterocycles. The summed E-state index contributed by atoms with van der Waals surface area (Å²) in [7, 11) is 4.99. The van der Waals surface area contributed by atoms with E-state index in [1.165, 1.54) is 6.07 Å². The van der Waals surface area contributed by atoms with Crippen molar-refractivity contribution in [2.75, 3.05) is 27.7 Å². The van der Waals surface area contributed by atoms with Crippen molar-refractivity contribution in [1.82, 2.24) is 15.5 Å². The van der Waals surface area contributed by atoms with Gasteiger partial charge in [0.2, 0.25) is 11.9 Å². The zero-order chi connectivity index (χ0) is 21.8. The smallest absolute Gasteiger partial charge is 0.201 e. The van der Waals surface area contributed by atoms with Gasteiger partial charge in [-0.3, -0.25) is 14.9 Å². The highest BCUT2D eigenvalue weighted by Gasteiger charge is 2.35. The van der Waals surface area contributed by atoms with Crippen molar-refractivity contribution in [2.24, 2.45) is 9.98 Å². The monoisotopic (exact) mass is 415 g/mol. The van der Waals surface area contributed by atoms with Crippen molar-refractivity contribution in [3.05, 3.63) is 64.7 Å². The van der Waals surface area contributed by atoms with Gasteiger partial charge in [-0.05, 0) is 48.7 Å². The molecule has 0 bridgehead atoms. The Morgan fingerprint density at radius 3 is 2.50 bits per heavy atom. The van der Waals surface area contributed by atoms with Crippen LogP contribution in [0.5, 0.6) is 5.75 Å². The fraction of sp³-hybridized carbons (Fsp3) is 0.364. The summed E-state index contributed by atoms with van der Waals surface area (Å²) in [6.45, 7) is 4.08. The van der Waals surface area contributed by atoms with Crippen molar-refractivity contribution in [3.8, 4) is 5.75 Å². The molecule has 3 rings (SSSR count). The highest BCUT2D eigenvalue weighted by molar-refractivity contribution is 6.00. The molecule has 160 valence electrons. The second-order valence-electron chi connectivity index (χ2n) is 7.13. The van der Waals surface area contributed by atoms with Crippen LogP contribution in [0.25, 0.3) is 0 Å². The van der Waals surface area contributed by atoms with Gasteiger partial charge in [-0.15, -0.1) is 0 Å². The SMILES string of the molecule is CN=C1NCC(c2cc(C)c(F)c(F)c2)N1C(=NC)N[C@H](C)c1ccc(OC)cc1. The molecule has 0 aromatic heterocycles. The minimum absolute atomic E-state index is 0.0550. The fourth-order valence-electron chi connectivity index (χ4n) is 3.57. The van der Waals surface area contributed by atoms with Gasteiger partial charge in [-0.25, -0.2) is 8.78 Å². The van der Waals surface area contributed by atoms with Crippen LogP contribution in [0, 0.1) is 18.6 Å². The average molecular weight is 415 g/mol. The van der Waals surface area contributed by atoms with Crippen LogP contribution in [0.1, 0.15) is 35.7 Å². The summed E-state index contributed by atoms with van der Waals surface area (Å²) in [4.78, 5) is 10.6. The molecule has 1 aliphatic rings. The van der Waals surface area contributed by atoms with E-state index >= 15 is 0 Å². The Labute approximate surface area is 175 Å². The number of aliphatic imine (C=N–C) groups is 2. The summed E-state index contributed by atoms with van der Waals surface area (Å²) in [5.74, 6) is 0.291. The summed E-state index contributed by atoms with van der Waals surface area (Å²) < 4.78 is 33.1. The Bertz CT molecular complexity index is 935. The van der Waals surface area contributed by atoms with Crippen LogP contribution in [-0.2, 0) is 0 Å². The van der Waals surface area contributed by atoms with Crippen LogP contribution in [0.15, 0.2) is 46.4 Å². The predicted molar refractivity (Wildman–Crippen MR) is 115 cm³/mol. The van der Waals surface area contributed by atoms with E-state index in [0.717, 1.165) is 11.3 Å². The van der Waals surface area contributed by atoms with Gasteiger partial charge in [0.1, 0.15) is 5.75 Å². The first-order valence-corrected chi connectivity index (χ1v) is 9.72. The summed E-state index contributed by atoms with van der Waals surface area (Å²) in [6, 6.07) is 10.3. The lowest BCUT2D eigenvalue weighted by Crippen LogP contribution is -2.45. The minimum Gasteiger partial charge on any atom is -0.497 e. The molecule has 8 heteroatoms. The lowest BCUT2D eigenvalue weighted by atomic mass is 10.0. The third-order valence-corrected chi connectivity index (χ3v) is 5.22. The standard InChI is InChI=1S/C22H27F2N5O/c1-13-10-16(11-18(23)20(13)24)19-12-27-21(25-3)29(19)22(26-4)28-14(2)15-6-8-17(30-5)9-7-15/h6-11,14,19H,12H2,1-5H3,(H,25,27)(H,26,28)/t14-,19?/m1/s1. The largest absolute Gasteiger partial charge is 0.497 e. The zero-order valence-corrected chi connectivity index (χ0v) is 17.8. The molecular weight excluding hydrogens is 388 g/mol. The molecule has 2 atom stereocenters. The van der Waals surface area contributed by atoms with Crippen molar-refractivity contribution >= 4 is 11.9 Å². The van der Waals surface area contributed by atoms with Gasteiger partial charge >= 0.3 is 0 Å². The topological polar surface area (TPSA) is 61.2 Å². The quantitative estimate of drug-likeness (QED) is 0.592. The number of nitrogens with one attached hydrogen (secondary N) is 2. The minimum atomic E-state index is -0.860. The van der Waals surface area contributed by atoms with Crippen LogP contribution in [-0.4, -0.2) is 44.6 Å². The second kappa shape index (κ2) is 9.11. The van der Waals surface area contributed by atoms with E-state index in [4.69, 9.17) is 4.74 Å². The highest BCUT2D eigenvalue weighted by Crippen LogP contribution is 2.28. The number of benzene rings is 2. The molecule has 2 aromatic rings. The fourth-order valence-corrected chi connectivity index (χ4v) is 3.57. The Morgan fingerprint density at radius 2 is 1.93 bits per heavy atom. The maximum atomic E-state index is 14.1. The summed E-state index contributed by atoms with van der Waals surface area (Å²) in [6.07, 6.45) is 0. The Hall–Kier alpha value is -3.16. The van der Waals surface area contributed by atoms with Crippen molar-refractivity contribution in [3.63, 3.8) is 0 Å². The third-order valence-electron chi connectivity index (χ3n) is 5.22. The van der Waals surface area contributed by atoms with Crippen LogP contribution in [0.2, 0.25) is 0 Å². The van der Waals surface area contributed by atoms with E-state index in [9.17, 15) is 8.78 Å². The summed E-state index contributed by atoms with van der Waals surface area (Å²) in [5, 5.41) is 6.64. The van der Waals surface area contributed by atoms with E-state index < -0.39 is 11.6 Å². The number of methoxy groups -OCH3 is 1. The van der Waals surface area contributed by atoms with Crippen LogP contribution < -0.4 is 15.4 Å². The number of rotatable bonds is 4. The van der Waals surface area contributed by atoms with E-state index in [0.29, 0.717) is 24.0 Å². The number of hydrogen-bond donors (Lipinski definition) is 2. The lowest BCUT2D eigenvalue weighted by Gasteiger charge is -2.29. The second-order valence-corrected chi connectivity index (χ2v) is 7.13. The highest BCUT2D eigenvalue weighted by atomic mass is 19.2. The number of nitrogens with zero attached hydrogens (tertiary/aromatic N) is 3. The number of aryl methyl sites for hydroxylation is 1. The average Bonchev–Trinajstić information content (AvgIpc) is 3.19. The van der Waals surface area contributed by atoms with E-state index in [1.54, 1.807) is 34.2 Å². The molecule has 0 aliphatic carbocycles. The van der Waals surface area contributed by atoms with Gasteiger partial charge in [0.25, 0.3) is 0 Å². The number of guanidine groups is 2. The molecule has 1 fully saturated rings. The molecule has 1 aliphatic heterocycles. The normalized spacial score (nSPS) is 19.0. The maximum Gasteiger partial charge on any atom is 0.201 e. The van der Waals surface area contributed by atoms with Gasteiger partial charge in [-0.2, -0.15) is 0 Å². The summed E-state index contributed by atoms with van der Waals surface area (Å²) >= 11 is 0. The molecule has 2 N–H and O–H groups in total. The molecule has 2 aromatic carbocycles. The van der Waals surface area contributed by atoms with Crippen molar-refractivity contribution in [2.45, 2.75) is 25.9 Å². The first-order valence-electron chi connectivity index (χ1n) is 9.72. The molecule has 0 saturated carbocycles. The molecule has 1 unspecified atom stereocenters. The molecule has 30 heavy (non-hydrogen) atoms. The van der Waals surface area contributed by atoms with Gasteiger partial charge in [0.05, 0.1) is 19.2 Å². The van der Waals surface area contributed by atoms with Gasteiger partial charge in [0, 0.05) is 20.6 Å². The number of halogens is 2.